The molecule has 0 saturated heterocycles. The topological polar surface area (TPSA) is 71.0 Å². The highest BCUT2D eigenvalue weighted by atomic mass is 127. The lowest BCUT2D eigenvalue weighted by Crippen LogP contribution is -2.36. The molecule has 2 heterocycles. The van der Waals surface area contributed by atoms with Crippen molar-refractivity contribution in [3.8, 4) is 11.5 Å². The molecule has 2 N–H and O–H groups in total. The number of pyridine rings is 1. The van der Waals surface area contributed by atoms with Crippen LogP contribution in [0.5, 0.6) is 11.5 Å². The van der Waals surface area contributed by atoms with E-state index in [2.05, 4.69) is 20.6 Å². The van der Waals surface area contributed by atoms with Gasteiger partial charge < -0.3 is 25.0 Å². The van der Waals surface area contributed by atoms with Gasteiger partial charge in [0.1, 0.15) is 5.82 Å². The van der Waals surface area contributed by atoms with Crippen molar-refractivity contribution in [3.05, 3.63) is 47.7 Å². The van der Waals surface area contributed by atoms with E-state index in [0.29, 0.717) is 13.1 Å². The van der Waals surface area contributed by atoms with Crippen LogP contribution in [-0.2, 0) is 13.1 Å². The molecule has 8 heteroatoms. The summed E-state index contributed by atoms with van der Waals surface area (Å²) in [6.45, 7) is 1.53. The zero-order valence-corrected chi connectivity index (χ0v) is 17.5. The van der Waals surface area contributed by atoms with Crippen LogP contribution in [0.2, 0.25) is 0 Å². The smallest absolute Gasteiger partial charge is 0.231 e. The third-order valence-electron chi connectivity index (χ3n) is 3.81. The van der Waals surface area contributed by atoms with Gasteiger partial charge >= 0.3 is 0 Å². The minimum atomic E-state index is 0. The number of ether oxygens (including phenoxy) is 2. The Morgan fingerprint density at radius 2 is 1.88 bits per heavy atom. The lowest BCUT2D eigenvalue weighted by molar-refractivity contribution is 0.174. The highest BCUT2D eigenvalue weighted by Gasteiger charge is 2.13. The van der Waals surface area contributed by atoms with Crippen LogP contribution in [0.1, 0.15) is 11.3 Å². The predicted molar refractivity (Wildman–Crippen MR) is 114 cm³/mol. The molecule has 0 atom stereocenters. The number of rotatable bonds is 5. The van der Waals surface area contributed by atoms with Gasteiger partial charge in [0, 0.05) is 27.7 Å². The number of hydrogen-bond acceptors (Lipinski definition) is 5. The molecule has 0 aliphatic carbocycles. The van der Waals surface area contributed by atoms with Crippen LogP contribution in [-0.4, -0.2) is 38.9 Å². The predicted octanol–water partition coefficient (Wildman–Crippen LogP) is 2.36. The largest absolute Gasteiger partial charge is 0.454 e. The van der Waals surface area contributed by atoms with E-state index in [1.165, 1.54) is 0 Å². The first-order chi connectivity index (χ1) is 12.2. The van der Waals surface area contributed by atoms with Gasteiger partial charge in [-0.2, -0.15) is 0 Å². The molecule has 26 heavy (non-hydrogen) atoms. The number of hydrogen-bond donors (Lipinski definition) is 2. The van der Waals surface area contributed by atoms with Gasteiger partial charge in [-0.05, 0) is 29.8 Å². The fourth-order valence-electron chi connectivity index (χ4n) is 2.45. The summed E-state index contributed by atoms with van der Waals surface area (Å²) in [5.41, 5.74) is 2.05. The van der Waals surface area contributed by atoms with Crippen LogP contribution in [0.4, 0.5) is 5.82 Å². The number of aliphatic imine (C=N–C) groups is 1. The van der Waals surface area contributed by atoms with Gasteiger partial charge in [0.05, 0.1) is 12.2 Å². The standard InChI is InChI=1S/C18H23N5O2.HI/c1-19-18(21-11-14-5-4-6-17(22-14)23(2)3)20-10-13-7-8-15-16(9-13)25-12-24-15;/h4-9H,10-12H2,1-3H3,(H2,19,20,21);1H. The Balaban J connectivity index is 0.00000243. The molecule has 2 aromatic rings. The number of halogens is 1. The summed E-state index contributed by atoms with van der Waals surface area (Å²) in [4.78, 5) is 10.8. The minimum absolute atomic E-state index is 0. The Hall–Kier alpha value is -2.23. The van der Waals surface area contributed by atoms with Gasteiger partial charge in [-0.15, -0.1) is 24.0 Å². The number of nitrogens with zero attached hydrogens (tertiary/aromatic N) is 3. The molecule has 140 valence electrons. The SMILES string of the molecule is CN=C(NCc1ccc2c(c1)OCO2)NCc1cccc(N(C)C)n1.I. The lowest BCUT2D eigenvalue weighted by Gasteiger charge is -2.14. The Morgan fingerprint density at radius 3 is 2.65 bits per heavy atom. The van der Waals surface area contributed by atoms with Crippen molar-refractivity contribution in [2.24, 2.45) is 4.99 Å². The van der Waals surface area contributed by atoms with Gasteiger partial charge in [-0.25, -0.2) is 4.98 Å². The van der Waals surface area contributed by atoms with E-state index in [9.17, 15) is 0 Å². The maximum atomic E-state index is 5.40. The fraction of sp³-hybridized carbons (Fsp3) is 0.333. The summed E-state index contributed by atoms with van der Waals surface area (Å²) in [6, 6.07) is 11.9. The maximum absolute atomic E-state index is 5.40. The van der Waals surface area contributed by atoms with Crippen molar-refractivity contribution in [1.29, 1.82) is 0 Å². The molecule has 0 radical (unpaired) electrons. The molecule has 7 nitrogen and oxygen atoms in total. The average molecular weight is 469 g/mol. The van der Waals surface area contributed by atoms with E-state index in [1.807, 2.05) is 55.4 Å². The van der Waals surface area contributed by atoms with Crippen LogP contribution in [0, 0.1) is 0 Å². The van der Waals surface area contributed by atoms with Gasteiger partial charge in [0.2, 0.25) is 6.79 Å². The van der Waals surface area contributed by atoms with E-state index < -0.39 is 0 Å². The maximum Gasteiger partial charge on any atom is 0.231 e. The van der Waals surface area contributed by atoms with Crippen molar-refractivity contribution in [1.82, 2.24) is 15.6 Å². The zero-order valence-electron chi connectivity index (χ0n) is 15.2. The van der Waals surface area contributed by atoms with Gasteiger partial charge in [0.15, 0.2) is 17.5 Å². The molecule has 0 bridgehead atoms. The molecule has 0 amide bonds. The normalized spacial score (nSPS) is 12.3. The second kappa shape index (κ2) is 9.46. The van der Waals surface area contributed by atoms with E-state index in [0.717, 1.165) is 34.5 Å². The Kier molecular flexibility index (Phi) is 7.31. The molecule has 0 spiro atoms. The molecular weight excluding hydrogens is 445 g/mol. The second-order valence-corrected chi connectivity index (χ2v) is 5.85. The molecule has 1 aromatic carbocycles. The minimum Gasteiger partial charge on any atom is -0.454 e. The highest BCUT2D eigenvalue weighted by molar-refractivity contribution is 14.0. The van der Waals surface area contributed by atoms with E-state index in [1.54, 1.807) is 7.05 Å². The number of nitrogens with one attached hydrogen (secondary N) is 2. The first-order valence-corrected chi connectivity index (χ1v) is 8.12. The third-order valence-corrected chi connectivity index (χ3v) is 3.81. The van der Waals surface area contributed by atoms with Crippen molar-refractivity contribution < 1.29 is 9.47 Å². The Morgan fingerprint density at radius 1 is 1.12 bits per heavy atom. The van der Waals surface area contributed by atoms with Crippen molar-refractivity contribution >= 4 is 35.8 Å². The molecule has 1 aliphatic rings. The van der Waals surface area contributed by atoms with Crippen LogP contribution >= 0.6 is 24.0 Å². The highest BCUT2D eigenvalue weighted by Crippen LogP contribution is 2.32. The number of fused-ring (bicyclic) bond motifs is 1. The number of benzene rings is 1. The summed E-state index contributed by atoms with van der Waals surface area (Å²) >= 11 is 0. The fourth-order valence-corrected chi connectivity index (χ4v) is 2.45. The molecule has 0 saturated carbocycles. The molecule has 3 rings (SSSR count). The summed E-state index contributed by atoms with van der Waals surface area (Å²) in [5.74, 6) is 3.22. The molecule has 1 aromatic heterocycles. The first kappa shape index (κ1) is 20.1. The van der Waals surface area contributed by atoms with Crippen molar-refractivity contribution in [2.75, 3.05) is 32.8 Å². The van der Waals surface area contributed by atoms with Gasteiger partial charge in [0.25, 0.3) is 0 Å². The molecule has 0 fully saturated rings. The molecular formula is C18H24IN5O2. The van der Waals surface area contributed by atoms with E-state index in [-0.39, 0.29) is 30.8 Å². The summed E-state index contributed by atoms with van der Waals surface area (Å²) in [7, 11) is 5.70. The second-order valence-electron chi connectivity index (χ2n) is 5.85. The Bertz CT molecular complexity index is 767. The van der Waals surface area contributed by atoms with Crippen LogP contribution in [0.3, 0.4) is 0 Å². The zero-order chi connectivity index (χ0) is 17.6. The lowest BCUT2D eigenvalue weighted by atomic mass is 10.2. The van der Waals surface area contributed by atoms with Crippen LogP contribution < -0.4 is 25.0 Å². The van der Waals surface area contributed by atoms with Crippen molar-refractivity contribution in [2.45, 2.75) is 13.1 Å². The van der Waals surface area contributed by atoms with E-state index in [4.69, 9.17) is 9.47 Å². The first-order valence-electron chi connectivity index (χ1n) is 8.12. The monoisotopic (exact) mass is 469 g/mol. The average Bonchev–Trinajstić information content (AvgIpc) is 3.10. The van der Waals surface area contributed by atoms with Crippen LogP contribution in [0.15, 0.2) is 41.4 Å². The molecule has 1 aliphatic heterocycles. The summed E-state index contributed by atoms with van der Waals surface area (Å²) < 4.78 is 10.7. The van der Waals surface area contributed by atoms with Gasteiger partial charge in [-0.3, -0.25) is 4.99 Å². The van der Waals surface area contributed by atoms with Gasteiger partial charge in [-0.1, -0.05) is 12.1 Å². The third kappa shape index (κ3) is 5.13. The summed E-state index contributed by atoms with van der Waals surface area (Å²) in [5, 5.41) is 6.57. The van der Waals surface area contributed by atoms with Crippen molar-refractivity contribution in [3.63, 3.8) is 0 Å². The number of guanidine groups is 1. The van der Waals surface area contributed by atoms with E-state index >= 15 is 0 Å². The molecule has 0 unspecified atom stereocenters. The summed E-state index contributed by atoms with van der Waals surface area (Å²) in [6.07, 6.45) is 0. The Labute approximate surface area is 170 Å². The van der Waals surface area contributed by atoms with Crippen LogP contribution in [0.25, 0.3) is 0 Å². The number of aromatic nitrogens is 1. The quantitative estimate of drug-likeness (QED) is 0.398. The number of anilines is 1.